The van der Waals surface area contributed by atoms with Gasteiger partial charge in [0.15, 0.2) is 0 Å². The molecule has 1 unspecified atom stereocenters. The first-order chi connectivity index (χ1) is 28.7. The SMILES string of the molecule is C=c1/c(=C\C=C/C)n2c3c(cccc13)C1(c3ccccc3-c3ccc(-c4ccc(N(c5ccccc5)c5ccc(-c6ccccc6)cc5)cc4)cc31)c1ccccc1-2. The van der Waals surface area contributed by atoms with Gasteiger partial charge in [-0.15, -0.1) is 0 Å². The number of anilines is 3. The van der Waals surface area contributed by atoms with E-state index in [2.05, 4.69) is 235 Å². The Morgan fingerprint density at radius 2 is 1.03 bits per heavy atom. The second-order valence-corrected chi connectivity index (χ2v) is 15.3. The van der Waals surface area contributed by atoms with Crippen molar-refractivity contribution in [3.05, 3.63) is 239 Å². The van der Waals surface area contributed by atoms with Gasteiger partial charge in [-0.3, -0.25) is 0 Å². The van der Waals surface area contributed by atoms with Gasteiger partial charge >= 0.3 is 0 Å². The van der Waals surface area contributed by atoms with Crippen LogP contribution >= 0.6 is 0 Å². The summed E-state index contributed by atoms with van der Waals surface area (Å²) in [7, 11) is 0. The second-order valence-electron chi connectivity index (χ2n) is 15.3. The van der Waals surface area contributed by atoms with E-state index >= 15 is 0 Å². The molecule has 2 nitrogen and oxygen atoms in total. The van der Waals surface area contributed by atoms with Gasteiger partial charge in [0.1, 0.15) is 0 Å². The largest absolute Gasteiger partial charge is 0.311 e. The average molecular weight is 741 g/mol. The van der Waals surface area contributed by atoms with Crippen LogP contribution in [0.2, 0.25) is 0 Å². The number of benzene rings is 8. The number of aromatic nitrogens is 1. The minimum Gasteiger partial charge on any atom is -0.311 e. The van der Waals surface area contributed by atoms with Crippen LogP contribution in [0.5, 0.6) is 0 Å². The first-order valence-electron chi connectivity index (χ1n) is 20.1. The van der Waals surface area contributed by atoms with Gasteiger partial charge in [-0.2, -0.15) is 0 Å². The predicted molar refractivity (Wildman–Crippen MR) is 244 cm³/mol. The minimum atomic E-state index is -0.507. The Morgan fingerprint density at radius 3 is 1.76 bits per heavy atom. The van der Waals surface area contributed by atoms with Gasteiger partial charge in [0.25, 0.3) is 0 Å². The van der Waals surface area contributed by atoms with Crippen molar-refractivity contribution < 1.29 is 0 Å². The number of allylic oxidation sites excluding steroid dienone is 2. The molecule has 2 aliphatic rings. The van der Waals surface area contributed by atoms with Crippen LogP contribution in [0, 0.1) is 0 Å². The molecule has 2 heterocycles. The summed E-state index contributed by atoms with van der Waals surface area (Å²) in [5, 5.41) is 3.37. The van der Waals surface area contributed by atoms with Gasteiger partial charge in [0, 0.05) is 27.7 Å². The molecule has 8 aromatic carbocycles. The molecule has 11 rings (SSSR count). The van der Waals surface area contributed by atoms with Crippen molar-refractivity contribution in [3.63, 3.8) is 0 Å². The van der Waals surface area contributed by atoms with E-state index < -0.39 is 5.41 Å². The van der Waals surface area contributed by atoms with Gasteiger partial charge in [-0.1, -0.05) is 164 Å². The van der Waals surface area contributed by atoms with Crippen LogP contribution in [-0.2, 0) is 5.41 Å². The van der Waals surface area contributed by atoms with Crippen LogP contribution in [0.25, 0.3) is 62.6 Å². The fraction of sp³-hybridized carbons (Fsp3) is 0.0357. The van der Waals surface area contributed by atoms with E-state index in [1.54, 1.807) is 0 Å². The summed E-state index contributed by atoms with van der Waals surface area (Å²) in [6, 6.07) is 71.1. The van der Waals surface area contributed by atoms with Crippen LogP contribution in [0.15, 0.2) is 206 Å². The zero-order chi connectivity index (χ0) is 38.8. The fourth-order valence-corrected chi connectivity index (χ4v) is 9.77. The average Bonchev–Trinajstić information content (AvgIpc) is 3.75. The number of hydrogen-bond donors (Lipinski definition) is 0. The van der Waals surface area contributed by atoms with E-state index in [1.165, 1.54) is 72.2 Å². The Balaban J connectivity index is 1.07. The summed E-state index contributed by atoms with van der Waals surface area (Å²) < 4.78 is 2.45. The summed E-state index contributed by atoms with van der Waals surface area (Å²) in [5.74, 6) is 0. The Bertz CT molecular complexity index is 3170. The van der Waals surface area contributed by atoms with Crippen molar-refractivity contribution in [2.45, 2.75) is 12.3 Å². The summed E-state index contributed by atoms with van der Waals surface area (Å²) in [4.78, 5) is 2.33. The maximum atomic E-state index is 4.65. The van der Waals surface area contributed by atoms with Gasteiger partial charge in [0.05, 0.1) is 22.0 Å². The van der Waals surface area contributed by atoms with E-state index in [1.807, 2.05) is 0 Å². The first kappa shape index (κ1) is 33.9. The highest BCUT2D eigenvalue weighted by atomic mass is 15.1. The van der Waals surface area contributed by atoms with Gasteiger partial charge in [-0.25, -0.2) is 0 Å². The highest BCUT2D eigenvalue weighted by molar-refractivity contribution is 5.98. The summed E-state index contributed by atoms with van der Waals surface area (Å²) in [6.07, 6.45) is 6.41. The molecule has 274 valence electrons. The number of rotatable bonds is 6. The van der Waals surface area contributed by atoms with Gasteiger partial charge in [0.2, 0.25) is 0 Å². The van der Waals surface area contributed by atoms with Crippen LogP contribution < -0.4 is 15.5 Å². The van der Waals surface area contributed by atoms with Crippen molar-refractivity contribution in [1.82, 2.24) is 4.57 Å². The second kappa shape index (κ2) is 13.4. The lowest BCUT2D eigenvalue weighted by molar-refractivity contribution is 0.742. The summed E-state index contributed by atoms with van der Waals surface area (Å²) in [6.45, 7) is 6.72. The molecule has 1 aromatic heterocycles. The lowest BCUT2D eigenvalue weighted by atomic mass is 9.65. The van der Waals surface area contributed by atoms with E-state index in [4.69, 9.17) is 0 Å². The van der Waals surface area contributed by atoms with Gasteiger partial charge in [-0.05, 0) is 117 Å². The molecule has 58 heavy (non-hydrogen) atoms. The molecule has 9 aromatic rings. The highest BCUT2D eigenvalue weighted by Crippen LogP contribution is 2.60. The highest BCUT2D eigenvalue weighted by Gasteiger charge is 2.50. The van der Waals surface area contributed by atoms with E-state index in [9.17, 15) is 0 Å². The standard InChI is InChI=1S/C56H40N2/c1-3-4-25-53-38(2)46-21-15-24-51-55(46)58(53)54-26-14-13-23-50(54)56(51)49-22-12-11-20-47(49)48-36-31-42(37-52(48)56)41-29-34-45(35-30-41)57(43-18-9-6-10-19-43)44-32-27-40(28-33-44)39-16-7-5-8-17-39/h3-37H,2H2,1H3/b4-3-,53-25+. The monoisotopic (exact) mass is 740 g/mol. The van der Waals surface area contributed by atoms with Crippen LogP contribution in [0.3, 0.4) is 0 Å². The summed E-state index contributed by atoms with van der Waals surface area (Å²) >= 11 is 0. The van der Waals surface area contributed by atoms with E-state index in [0.717, 1.165) is 27.6 Å². The fourth-order valence-electron chi connectivity index (χ4n) is 9.77. The molecule has 2 heteroatoms. The molecule has 0 bridgehead atoms. The minimum absolute atomic E-state index is 0.507. The first-order valence-corrected chi connectivity index (χ1v) is 20.1. The molecule has 0 saturated heterocycles. The topological polar surface area (TPSA) is 8.17 Å². The number of para-hydroxylation sites is 3. The quantitative estimate of drug-likeness (QED) is 0.165. The number of hydrogen-bond acceptors (Lipinski definition) is 1. The Morgan fingerprint density at radius 1 is 0.483 bits per heavy atom. The number of nitrogens with zero attached hydrogens (tertiary/aromatic N) is 2. The Labute approximate surface area is 339 Å². The van der Waals surface area contributed by atoms with Crippen molar-refractivity contribution in [3.8, 4) is 39.1 Å². The summed E-state index contributed by atoms with van der Waals surface area (Å²) in [5.41, 5.74) is 17.9. The molecule has 0 saturated carbocycles. The lowest BCUT2D eigenvalue weighted by Crippen LogP contribution is -2.36. The Hall–Kier alpha value is -7.42. The third kappa shape index (κ3) is 4.92. The predicted octanol–water partition coefficient (Wildman–Crippen LogP) is 12.9. The Kier molecular flexibility index (Phi) is 7.80. The normalized spacial score (nSPS) is 15.2. The third-order valence-corrected chi connectivity index (χ3v) is 12.3. The smallest absolute Gasteiger partial charge is 0.0754 e. The van der Waals surface area contributed by atoms with Gasteiger partial charge < -0.3 is 9.47 Å². The molecule has 1 spiro atoms. The molecule has 0 radical (unpaired) electrons. The van der Waals surface area contributed by atoms with Crippen LogP contribution in [0.1, 0.15) is 29.2 Å². The maximum absolute atomic E-state index is 4.65. The van der Waals surface area contributed by atoms with Crippen molar-refractivity contribution >= 4 is 40.6 Å². The molecule has 1 aliphatic heterocycles. The molecular formula is C56H40N2. The van der Waals surface area contributed by atoms with Crippen molar-refractivity contribution in [1.29, 1.82) is 0 Å². The molecule has 0 fully saturated rings. The lowest BCUT2D eigenvalue weighted by Gasteiger charge is -2.39. The van der Waals surface area contributed by atoms with Crippen LogP contribution in [-0.4, -0.2) is 4.57 Å². The molecule has 1 atom stereocenters. The van der Waals surface area contributed by atoms with Crippen molar-refractivity contribution in [2.75, 3.05) is 4.90 Å². The number of fused-ring (bicyclic) bond motifs is 9. The third-order valence-electron chi connectivity index (χ3n) is 12.3. The van der Waals surface area contributed by atoms with Crippen molar-refractivity contribution in [2.24, 2.45) is 0 Å². The van der Waals surface area contributed by atoms with Crippen LogP contribution in [0.4, 0.5) is 17.1 Å². The zero-order valence-corrected chi connectivity index (χ0v) is 32.3. The maximum Gasteiger partial charge on any atom is 0.0754 e. The molecule has 0 N–H and O–H groups in total. The molecule has 0 amide bonds. The van der Waals surface area contributed by atoms with E-state index in [0.29, 0.717) is 0 Å². The zero-order valence-electron chi connectivity index (χ0n) is 32.3. The molecule has 1 aliphatic carbocycles. The van der Waals surface area contributed by atoms with E-state index in [-0.39, 0.29) is 0 Å². The molecular weight excluding hydrogens is 701 g/mol.